The predicted molar refractivity (Wildman–Crippen MR) is 91.2 cm³/mol. The molecule has 112 valence electrons. The first-order chi connectivity index (χ1) is 10.0. The summed E-state index contributed by atoms with van der Waals surface area (Å²) in [6, 6.07) is 11.1. The Morgan fingerprint density at radius 1 is 1.19 bits per heavy atom. The van der Waals surface area contributed by atoms with E-state index < -0.39 is 6.10 Å². The molecule has 0 spiro atoms. The van der Waals surface area contributed by atoms with E-state index in [0.717, 1.165) is 26.9 Å². The van der Waals surface area contributed by atoms with Crippen LogP contribution in [0.3, 0.4) is 0 Å². The van der Waals surface area contributed by atoms with Gasteiger partial charge in [0.1, 0.15) is 5.75 Å². The monoisotopic (exact) mass is 369 g/mol. The van der Waals surface area contributed by atoms with Crippen LogP contribution in [0.2, 0.25) is 0 Å². The van der Waals surface area contributed by atoms with Crippen molar-refractivity contribution in [3.8, 4) is 16.9 Å². The Kier molecular flexibility index (Phi) is 5.51. The van der Waals surface area contributed by atoms with Crippen LogP contribution in [-0.2, 0) is 0 Å². The van der Waals surface area contributed by atoms with Gasteiger partial charge < -0.3 is 15.5 Å². The first kappa shape index (κ1) is 16.1. The van der Waals surface area contributed by atoms with E-state index in [9.17, 15) is 10.2 Å². The van der Waals surface area contributed by atoms with Crippen LogP contribution in [0.1, 0.15) is 5.56 Å². The van der Waals surface area contributed by atoms with E-state index in [1.807, 2.05) is 31.2 Å². The number of phenols is 1. The maximum Gasteiger partial charge on any atom is 0.123 e. The number of hydrogen-bond acceptors (Lipinski definition) is 3. The lowest BCUT2D eigenvalue weighted by Crippen LogP contribution is -2.21. The summed E-state index contributed by atoms with van der Waals surface area (Å²) in [5, 5.41) is 22.9. The Morgan fingerprint density at radius 3 is 2.57 bits per heavy atom. The minimum Gasteiger partial charge on any atom is -0.507 e. The van der Waals surface area contributed by atoms with Crippen molar-refractivity contribution in [3.05, 3.63) is 46.4 Å². The molecule has 0 aliphatic carbocycles. The first-order valence-electron chi connectivity index (χ1n) is 6.60. The van der Waals surface area contributed by atoms with Gasteiger partial charge in [0.15, 0.2) is 0 Å². The summed E-state index contributed by atoms with van der Waals surface area (Å²) in [4.78, 5) is 0. The third-order valence-corrected chi connectivity index (χ3v) is 4.60. The number of anilines is 1. The van der Waals surface area contributed by atoms with E-state index >= 15 is 0 Å². The van der Waals surface area contributed by atoms with Gasteiger partial charge >= 0.3 is 0 Å². The molecule has 0 aliphatic rings. The van der Waals surface area contributed by atoms with Crippen molar-refractivity contribution in [1.82, 2.24) is 0 Å². The van der Waals surface area contributed by atoms with Crippen molar-refractivity contribution in [3.63, 3.8) is 0 Å². The Balaban J connectivity index is 2.46. The summed E-state index contributed by atoms with van der Waals surface area (Å²) in [6.45, 7) is 2.33. The zero-order chi connectivity index (χ0) is 15.4. The van der Waals surface area contributed by atoms with Crippen molar-refractivity contribution in [2.24, 2.45) is 0 Å². The van der Waals surface area contributed by atoms with E-state index in [1.54, 1.807) is 12.1 Å². The molecule has 0 saturated carbocycles. The van der Waals surface area contributed by atoms with Gasteiger partial charge in [0.05, 0.1) is 17.7 Å². The van der Waals surface area contributed by atoms with Gasteiger partial charge in [0, 0.05) is 22.1 Å². The van der Waals surface area contributed by atoms with Crippen LogP contribution in [-0.4, -0.2) is 28.7 Å². The second-order valence-electron chi connectivity index (χ2n) is 4.83. The number of aryl methyl sites for hydroxylation is 1. The smallest absolute Gasteiger partial charge is 0.123 e. The van der Waals surface area contributed by atoms with Crippen molar-refractivity contribution in [2.45, 2.75) is 13.0 Å². The lowest BCUT2D eigenvalue weighted by molar-refractivity contribution is 0.211. The van der Waals surface area contributed by atoms with Crippen molar-refractivity contribution < 1.29 is 10.2 Å². The van der Waals surface area contributed by atoms with Gasteiger partial charge in [-0.2, -0.15) is 0 Å². The fourth-order valence-electron chi connectivity index (χ4n) is 2.05. The maximum absolute atomic E-state index is 10.1. The summed E-state index contributed by atoms with van der Waals surface area (Å²) in [6.07, 6.45) is -0.628. The Morgan fingerprint density at radius 2 is 1.90 bits per heavy atom. The summed E-state index contributed by atoms with van der Waals surface area (Å²) in [7, 11) is 0. The van der Waals surface area contributed by atoms with Gasteiger partial charge in [-0.1, -0.05) is 30.3 Å². The average Bonchev–Trinajstić information content (AvgIpc) is 2.49. The molecule has 0 saturated heterocycles. The van der Waals surface area contributed by atoms with Crippen LogP contribution in [0, 0.1) is 6.92 Å². The number of halogens is 2. The van der Waals surface area contributed by atoms with Crippen molar-refractivity contribution in [1.29, 1.82) is 0 Å². The zero-order valence-electron chi connectivity index (χ0n) is 11.6. The van der Waals surface area contributed by atoms with Crippen LogP contribution in [0.15, 0.2) is 40.9 Å². The number of phenolic OH excluding ortho intramolecular Hbond substituents is 1. The number of aliphatic hydroxyl groups excluding tert-OH is 1. The molecule has 2 aromatic carbocycles. The largest absolute Gasteiger partial charge is 0.507 e. The molecule has 0 radical (unpaired) electrons. The average molecular weight is 371 g/mol. The molecule has 0 bridgehead atoms. The summed E-state index contributed by atoms with van der Waals surface area (Å²) in [5.41, 5.74) is 3.51. The van der Waals surface area contributed by atoms with E-state index in [4.69, 9.17) is 11.6 Å². The van der Waals surface area contributed by atoms with E-state index in [-0.39, 0.29) is 11.6 Å². The third kappa shape index (κ3) is 3.70. The molecule has 3 nitrogen and oxygen atoms in total. The number of rotatable bonds is 5. The van der Waals surface area contributed by atoms with Crippen molar-refractivity contribution in [2.75, 3.05) is 17.7 Å². The highest BCUT2D eigenvalue weighted by Gasteiger charge is 2.14. The molecule has 1 atom stereocenters. The predicted octanol–water partition coefficient (Wildman–Crippen LogP) is 4.14. The molecule has 3 N–H and O–H groups in total. The highest BCUT2D eigenvalue weighted by molar-refractivity contribution is 9.10. The number of nitrogens with one attached hydrogen (secondary N) is 1. The second-order valence-corrected chi connectivity index (χ2v) is 5.93. The number of alkyl halides is 1. The Hall–Kier alpha value is -1.23. The number of aliphatic hydroxyl groups is 1. The molecular weight excluding hydrogens is 354 g/mol. The van der Waals surface area contributed by atoms with Crippen molar-refractivity contribution >= 4 is 33.2 Å². The van der Waals surface area contributed by atoms with E-state index in [0.29, 0.717) is 6.54 Å². The summed E-state index contributed by atoms with van der Waals surface area (Å²) in [5.74, 6) is 0.386. The van der Waals surface area contributed by atoms with E-state index in [2.05, 4.69) is 21.2 Å². The highest BCUT2D eigenvalue weighted by Crippen LogP contribution is 2.39. The van der Waals surface area contributed by atoms with Crippen LogP contribution in [0.25, 0.3) is 11.1 Å². The lowest BCUT2D eigenvalue weighted by atomic mass is 10.0. The van der Waals surface area contributed by atoms with Gasteiger partial charge in [-0.3, -0.25) is 0 Å². The van der Waals surface area contributed by atoms with Gasteiger partial charge in [0.2, 0.25) is 0 Å². The molecule has 2 aromatic rings. The molecule has 21 heavy (non-hydrogen) atoms. The molecule has 1 unspecified atom stereocenters. The molecule has 0 fully saturated rings. The van der Waals surface area contributed by atoms with Crippen LogP contribution in [0.5, 0.6) is 5.75 Å². The minimum atomic E-state index is -0.628. The van der Waals surface area contributed by atoms with Gasteiger partial charge in [-0.25, -0.2) is 0 Å². The fourth-order valence-corrected chi connectivity index (χ4v) is 2.65. The Labute approximate surface area is 137 Å². The molecule has 0 aliphatic heterocycles. The quantitative estimate of drug-likeness (QED) is 0.693. The lowest BCUT2D eigenvalue weighted by Gasteiger charge is -2.18. The molecule has 2 rings (SSSR count). The fraction of sp³-hybridized carbons (Fsp3) is 0.250. The highest BCUT2D eigenvalue weighted by atomic mass is 79.9. The standard InChI is InChI=1S/C16H17BrClNO2/c1-10-6-7-13(12-4-2-3-5-14(12)21)16(15(10)17)19-9-11(20)8-18/h2-7,11,19-21H,8-9H2,1H3. The van der Waals surface area contributed by atoms with E-state index in [1.165, 1.54) is 0 Å². The summed E-state index contributed by atoms with van der Waals surface area (Å²) >= 11 is 9.20. The number of para-hydroxylation sites is 1. The van der Waals surface area contributed by atoms with Crippen LogP contribution >= 0.6 is 27.5 Å². The number of hydrogen-bond donors (Lipinski definition) is 3. The Bertz CT molecular complexity index is 634. The SMILES string of the molecule is Cc1ccc(-c2ccccc2O)c(NCC(O)CCl)c1Br. The number of benzene rings is 2. The van der Waals surface area contributed by atoms with Crippen LogP contribution in [0.4, 0.5) is 5.69 Å². The maximum atomic E-state index is 10.1. The molecule has 0 heterocycles. The topological polar surface area (TPSA) is 52.5 Å². The molecular formula is C16H17BrClNO2. The normalized spacial score (nSPS) is 12.2. The molecule has 0 aromatic heterocycles. The number of aromatic hydroxyl groups is 1. The van der Waals surface area contributed by atoms with Gasteiger partial charge in [-0.05, 0) is 34.5 Å². The van der Waals surface area contributed by atoms with Crippen LogP contribution < -0.4 is 5.32 Å². The third-order valence-electron chi connectivity index (χ3n) is 3.22. The minimum absolute atomic E-state index is 0.169. The summed E-state index contributed by atoms with van der Waals surface area (Å²) < 4.78 is 0.907. The zero-order valence-corrected chi connectivity index (χ0v) is 13.9. The molecule has 0 amide bonds. The first-order valence-corrected chi connectivity index (χ1v) is 7.92. The van der Waals surface area contributed by atoms with Gasteiger partial charge in [-0.15, -0.1) is 11.6 Å². The van der Waals surface area contributed by atoms with Gasteiger partial charge in [0.25, 0.3) is 0 Å². The second kappa shape index (κ2) is 7.16. The molecule has 5 heteroatoms.